The highest BCUT2D eigenvalue weighted by molar-refractivity contribution is 5.85. The SMILES string of the molecule is O=C(CC(CCCc1ccc(-c2ccccc2)cc1)C(=O)N(CCO)Cc1ccccc1)NO. The number of aliphatic hydroxyl groups excluding tert-OH is 1. The lowest BCUT2D eigenvalue weighted by Crippen LogP contribution is -2.39. The summed E-state index contributed by atoms with van der Waals surface area (Å²) in [5.41, 5.74) is 6.07. The number of hydroxylamine groups is 1. The molecule has 2 amide bonds. The molecule has 0 aliphatic carbocycles. The van der Waals surface area contributed by atoms with Gasteiger partial charge in [0, 0.05) is 25.4 Å². The molecule has 178 valence electrons. The van der Waals surface area contributed by atoms with Crippen LogP contribution in [-0.4, -0.2) is 40.2 Å². The minimum atomic E-state index is -0.589. The normalized spacial score (nSPS) is 11.6. The first kappa shape index (κ1) is 25.1. The van der Waals surface area contributed by atoms with E-state index in [1.165, 1.54) is 0 Å². The number of benzene rings is 3. The second kappa shape index (κ2) is 13.3. The van der Waals surface area contributed by atoms with Crippen LogP contribution in [-0.2, 0) is 22.6 Å². The van der Waals surface area contributed by atoms with Crippen LogP contribution in [0.2, 0.25) is 0 Å². The Kier molecular flexibility index (Phi) is 9.82. The lowest BCUT2D eigenvalue weighted by Gasteiger charge is -2.27. The van der Waals surface area contributed by atoms with Crippen molar-refractivity contribution in [3.8, 4) is 11.1 Å². The van der Waals surface area contributed by atoms with Gasteiger partial charge in [0.2, 0.25) is 11.8 Å². The molecule has 3 N–H and O–H groups in total. The number of carbonyl (C=O) groups excluding carboxylic acids is 2. The summed E-state index contributed by atoms with van der Waals surface area (Å²) in [6, 6.07) is 28.1. The molecule has 3 rings (SSSR count). The van der Waals surface area contributed by atoms with E-state index in [0.717, 1.165) is 35.1 Å². The number of nitrogens with zero attached hydrogens (tertiary/aromatic N) is 1. The summed E-state index contributed by atoms with van der Waals surface area (Å²) in [5, 5.41) is 18.5. The molecule has 0 radical (unpaired) electrons. The van der Waals surface area contributed by atoms with Gasteiger partial charge in [-0.3, -0.25) is 14.8 Å². The van der Waals surface area contributed by atoms with Crippen molar-refractivity contribution in [2.24, 2.45) is 5.92 Å². The molecule has 0 aliphatic rings. The topological polar surface area (TPSA) is 89.9 Å². The molecule has 0 aliphatic heterocycles. The van der Waals surface area contributed by atoms with Crippen LogP contribution in [0, 0.1) is 5.92 Å². The van der Waals surface area contributed by atoms with Crippen LogP contribution < -0.4 is 5.48 Å². The molecule has 6 heteroatoms. The predicted molar refractivity (Wildman–Crippen MR) is 132 cm³/mol. The van der Waals surface area contributed by atoms with Crippen molar-refractivity contribution < 1.29 is 19.9 Å². The smallest absolute Gasteiger partial charge is 0.244 e. The van der Waals surface area contributed by atoms with Crippen molar-refractivity contribution in [2.75, 3.05) is 13.2 Å². The molecule has 0 aromatic heterocycles. The minimum absolute atomic E-state index is 0.0982. The standard InChI is InChI=1S/C28H32N2O4/c31-19-18-30(21-23-8-3-1-4-9-23)28(33)26(20-27(32)29-34)13-7-10-22-14-16-25(17-15-22)24-11-5-2-6-12-24/h1-6,8-9,11-12,14-17,26,31,34H,7,10,13,18-21H2,(H,29,32). The van der Waals surface area contributed by atoms with Gasteiger partial charge < -0.3 is 10.0 Å². The predicted octanol–water partition coefficient (Wildman–Crippen LogP) is 4.21. The lowest BCUT2D eigenvalue weighted by atomic mass is 9.94. The van der Waals surface area contributed by atoms with Crippen LogP contribution >= 0.6 is 0 Å². The molecule has 34 heavy (non-hydrogen) atoms. The number of rotatable bonds is 12. The fourth-order valence-electron chi connectivity index (χ4n) is 4.08. The number of aliphatic hydroxyl groups is 1. The van der Waals surface area contributed by atoms with Gasteiger partial charge in [-0.2, -0.15) is 0 Å². The third-order valence-electron chi connectivity index (χ3n) is 5.88. The molecule has 0 saturated carbocycles. The summed E-state index contributed by atoms with van der Waals surface area (Å²) in [7, 11) is 0. The van der Waals surface area contributed by atoms with Crippen LogP contribution in [0.1, 0.15) is 30.4 Å². The highest BCUT2D eigenvalue weighted by Crippen LogP contribution is 2.22. The van der Waals surface area contributed by atoms with E-state index in [2.05, 4.69) is 36.4 Å². The van der Waals surface area contributed by atoms with Gasteiger partial charge in [-0.15, -0.1) is 0 Å². The molecule has 0 heterocycles. The summed E-state index contributed by atoms with van der Waals surface area (Å²) < 4.78 is 0. The highest BCUT2D eigenvalue weighted by Gasteiger charge is 2.26. The molecule has 6 nitrogen and oxygen atoms in total. The maximum Gasteiger partial charge on any atom is 0.244 e. The maximum absolute atomic E-state index is 13.3. The largest absolute Gasteiger partial charge is 0.395 e. The Hall–Kier alpha value is -3.48. The molecule has 3 aromatic carbocycles. The molecule has 0 fully saturated rings. The van der Waals surface area contributed by atoms with Gasteiger partial charge in [0.25, 0.3) is 0 Å². The number of hydrogen-bond donors (Lipinski definition) is 3. The average molecular weight is 461 g/mol. The summed E-state index contributed by atoms with van der Waals surface area (Å²) in [4.78, 5) is 26.8. The number of nitrogens with one attached hydrogen (secondary N) is 1. The Bertz CT molecular complexity index is 1020. The van der Waals surface area contributed by atoms with Crippen molar-refractivity contribution in [3.63, 3.8) is 0 Å². The Balaban J connectivity index is 1.63. The quantitative estimate of drug-likeness (QED) is 0.279. The van der Waals surface area contributed by atoms with Crippen molar-refractivity contribution in [1.82, 2.24) is 10.4 Å². The summed E-state index contributed by atoms with van der Waals surface area (Å²) >= 11 is 0. The van der Waals surface area contributed by atoms with E-state index >= 15 is 0 Å². The first-order chi connectivity index (χ1) is 16.6. The average Bonchev–Trinajstić information content (AvgIpc) is 2.89. The van der Waals surface area contributed by atoms with Crippen molar-refractivity contribution in [2.45, 2.75) is 32.2 Å². The van der Waals surface area contributed by atoms with Gasteiger partial charge in [-0.05, 0) is 41.5 Å². The molecule has 1 atom stereocenters. The zero-order valence-corrected chi connectivity index (χ0v) is 19.3. The molecule has 0 spiro atoms. The monoisotopic (exact) mass is 460 g/mol. The van der Waals surface area contributed by atoms with Crippen LogP contribution in [0.5, 0.6) is 0 Å². The maximum atomic E-state index is 13.3. The number of aryl methyl sites for hydroxylation is 1. The van der Waals surface area contributed by atoms with E-state index in [1.54, 1.807) is 10.4 Å². The number of amides is 2. The third kappa shape index (κ3) is 7.54. The zero-order valence-electron chi connectivity index (χ0n) is 19.3. The first-order valence-corrected chi connectivity index (χ1v) is 11.6. The van der Waals surface area contributed by atoms with E-state index in [4.69, 9.17) is 5.21 Å². The van der Waals surface area contributed by atoms with Gasteiger partial charge >= 0.3 is 0 Å². The Morgan fingerprint density at radius 2 is 1.44 bits per heavy atom. The van der Waals surface area contributed by atoms with Crippen LogP contribution in [0.3, 0.4) is 0 Å². The fourth-order valence-corrected chi connectivity index (χ4v) is 4.08. The van der Waals surface area contributed by atoms with E-state index in [9.17, 15) is 14.7 Å². The summed E-state index contributed by atoms with van der Waals surface area (Å²) in [5.74, 6) is -1.36. The summed E-state index contributed by atoms with van der Waals surface area (Å²) in [6.45, 7) is 0.385. The zero-order chi connectivity index (χ0) is 24.2. The van der Waals surface area contributed by atoms with Crippen molar-refractivity contribution in [1.29, 1.82) is 0 Å². The van der Waals surface area contributed by atoms with Crippen LogP contribution in [0.15, 0.2) is 84.9 Å². The number of carbonyl (C=O) groups is 2. The van der Waals surface area contributed by atoms with Gasteiger partial charge in [0.05, 0.1) is 6.61 Å². The van der Waals surface area contributed by atoms with E-state index < -0.39 is 11.8 Å². The highest BCUT2D eigenvalue weighted by atomic mass is 16.5. The van der Waals surface area contributed by atoms with Crippen LogP contribution in [0.25, 0.3) is 11.1 Å². The molecule has 0 bridgehead atoms. The molecule has 3 aromatic rings. The van der Waals surface area contributed by atoms with Gasteiger partial charge in [0.15, 0.2) is 0 Å². The first-order valence-electron chi connectivity index (χ1n) is 11.6. The van der Waals surface area contributed by atoms with Gasteiger partial charge in [-0.1, -0.05) is 84.9 Å². The van der Waals surface area contributed by atoms with Crippen molar-refractivity contribution >= 4 is 11.8 Å². The van der Waals surface area contributed by atoms with E-state index in [0.29, 0.717) is 13.0 Å². The van der Waals surface area contributed by atoms with Gasteiger partial charge in [0.1, 0.15) is 0 Å². The lowest BCUT2D eigenvalue weighted by molar-refractivity contribution is -0.141. The summed E-state index contributed by atoms with van der Waals surface area (Å²) in [6.07, 6.45) is 1.90. The molecule has 0 saturated heterocycles. The second-order valence-corrected chi connectivity index (χ2v) is 8.36. The molecule has 1 unspecified atom stereocenters. The van der Waals surface area contributed by atoms with Gasteiger partial charge in [-0.25, -0.2) is 5.48 Å². The number of hydrogen-bond acceptors (Lipinski definition) is 4. The van der Waals surface area contributed by atoms with Crippen molar-refractivity contribution in [3.05, 3.63) is 96.1 Å². The molecular weight excluding hydrogens is 428 g/mol. The van der Waals surface area contributed by atoms with E-state index in [1.807, 2.05) is 48.5 Å². The Labute approximate surface area is 200 Å². The van der Waals surface area contributed by atoms with Crippen LogP contribution in [0.4, 0.5) is 0 Å². The minimum Gasteiger partial charge on any atom is -0.395 e. The second-order valence-electron chi connectivity index (χ2n) is 8.36. The Morgan fingerprint density at radius 1 is 0.824 bits per heavy atom. The fraction of sp³-hybridized carbons (Fsp3) is 0.286. The van der Waals surface area contributed by atoms with E-state index in [-0.39, 0.29) is 25.5 Å². The third-order valence-corrected chi connectivity index (χ3v) is 5.88. The Morgan fingerprint density at radius 3 is 2.06 bits per heavy atom. The molecular formula is C28H32N2O4.